The summed E-state index contributed by atoms with van der Waals surface area (Å²) in [5.41, 5.74) is -0.345. The highest BCUT2D eigenvalue weighted by Crippen LogP contribution is 2.42. The van der Waals surface area contributed by atoms with Gasteiger partial charge in [-0.1, -0.05) is 0 Å². The topological polar surface area (TPSA) is 68.1 Å². The SMILES string of the molecule is [2H]C([2H])(C1CCOCC1)N1C[C@H]2CC(Nc3ccc(-c4ccc5nn(C)cc5c4C(F)(F)F)nn3)C[C@H]2C1. The van der Waals surface area contributed by atoms with Crippen LogP contribution in [0.3, 0.4) is 0 Å². The van der Waals surface area contributed by atoms with Crippen molar-refractivity contribution in [2.75, 3.05) is 38.1 Å². The smallest absolute Gasteiger partial charge is 0.381 e. The zero-order valence-corrected chi connectivity index (χ0v) is 20.1. The molecule has 2 saturated heterocycles. The highest BCUT2D eigenvalue weighted by molar-refractivity contribution is 5.89. The fraction of sp³-hybridized carbons (Fsp3) is 0.577. The molecule has 192 valence electrons. The molecule has 10 heteroatoms. The zero-order valence-electron chi connectivity index (χ0n) is 22.1. The molecule has 0 amide bonds. The van der Waals surface area contributed by atoms with Crippen LogP contribution in [0.15, 0.2) is 30.5 Å². The van der Waals surface area contributed by atoms with E-state index < -0.39 is 18.2 Å². The fourth-order valence-corrected chi connectivity index (χ4v) is 6.10. The number of halogens is 3. The first kappa shape index (κ1) is 21.4. The van der Waals surface area contributed by atoms with Crippen molar-refractivity contribution in [2.45, 2.75) is 37.9 Å². The Bertz CT molecular complexity index is 1290. The van der Waals surface area contributed by atoms with Crippen LogP contribution in [0.1, 0.15) is 34.0 Å². The Morgan fingerprint density at radius 1 is 1.08 bits per heavy atom. The van der Waals surface area contributed by atoms with Crippen molar-refractivity contribution in [3.63, 3.8) is 0 Å². The van der Waals surface area contributed by atoms with E-state index >= 15 is 0 Å². The predicted octanol–water partition coefficient (Wildman–Crippen LogP) is 4.60. The standard InChI is InChI=1S/C26H31F3N6O/c1-34-15-21-23(33-34)3-2-20(25(21)26(27,28)29)22-4-5-24(32-31-22)30-19-10-17-13-35(14-18(17)11-19)12-16-6-8-36-9-7-16/h2-5,15-19H,6-14H2,1H3,(H,30,32)/t17-,18+,19?/i12D2. The molecule has 36 heavy (non-hydrogen) atoms. The van der Waals surface area contributed by atoms with E-state index in [0.29, 0.717) is 30.9 Å². The molecule has 0 spiro atoms. The van der Waals surface area contributed by atoms with Gasteiger partial charge in [-0.3, -0.25) is 4.68 Å². The number of nitrogens with zero attached hydrogens (tertiary/aromatic N) is 5. The average Bonchev–Trinajstić information content (AvgIpc) is 3.56. The molecule has 2 aliphatic heterocycles. The first-order valence-corrected chi connectivity index (χ1v) is 12.6. The number of anilines is 1. The van der Waals surface area contributed by atoms with Crippen molar-refractivity contribution in [1.29, 1.82) is 0 Å². The average molecular weight is 503 g/mol. The largest absolute Gasteiger partial charge is 0.417 e. The lowest BCUT2D eigenvalue weighted by Gasteiger charge is -2.27. The van der Waals surface area contributed by atoms with Crippen LogP contribution in [-0.2, 0) is 18.0 Å². The third-order valence-corrected chi connectivity index (χ3v) is 7.72. The molecule has 1 saturated carbocycles. The van der Waals surface area contributed by atoms with E-state index in [1.165, 1.54) is 16.9 Å². The van der Waals surface area contributed by atoms with Crippen molar-refractivity contribution in [3.8, 4) is 11.3 Å². The maximum absolute atomic E-state index is 14.0. The van der Waals surface area contributed by atoms with Gasteiger partial charge in [0.25, 0.3) is 0 Å². The Hall–Kier alpha value is -2.72. The highest BCUT2D eigenvalue weighted by Gasteiger charge is 2.41. The van der Waals surface area contributed by atoms with Crippen molar-refractivity contribution in [2.24, 2.45) is 24.8 Å². The third-order valence-electron chi connectivity index (χ3n) is 7.72. The predicted molar refractivity (Wildman–Crippen MR) is 130 cm³/mol. The Kier molecular flexibility index (Phi) is 5.52. The third kappa shape index (κ3) is 4.68. The summed E-state index contributed by atoms with van der Waals surface area (Å²) in [4.78, 5) is 2.03. The highest BCUT2D eigenvalue weighted by atomic mass is 19.4. The Labute approximate surface area is 210 Å². The Morgan fingerprint density at radius 3 is 2.50 bits per heavy atom. The molecule has 1 aromatic carbocycles. The minimum Gasteiger partial charge on any atom is -0.381 e. The number of fused-ring (bicyclic) bond motifs is 2. The molecule has 3 fully saturated rings. The molecule has 3 aromatic rings. The Morgan fingerprint density at radius 2 is 1.83 bits per heavy atom. The van der Waals surface area contributed by atoms with Crippen molar-refractivity contribution < 1.29 is 20.6 Å². The lowest BCUT2D eigenvalue weighted by molar-refractivity contribution is -0.135. The van der Waals surface area contributed by atoms with Crippen molar-refractivity contribution >= 4 is 16.7 Å². The van der Waals surface area contributed by atoms with Gasteiger partial charge in [0.2, 0.25) is 0 Å². The van der Waals surface area contributed by atoms with Crippen LogP contribution in [0.5, 0.6) is 0 Å². The summed E-state index contributed by atoms with van der Waals surface area (Å²) in [7, 11) is 1.59. The number of nitrogens with one attached hydrogen (secondary N) is 1. The van der Waals surface area contributed by atoms with Crippen LogP contribution in [0.25, 0.3) is 22.2 Å². The van der Waals surface area contributed by atoms with Gasteiger partial charge in [-0.25, -0.2) is 0 Å². The number of rotatable bonds is 5. The molecule has 3 atom stereocenters. The minimum absolute atomic E-state index is 0.00881. The molecule has 2 aromatic heterocycles. The van der Waals surface area contributed by atoms with E-state index in [1.807, 2.05) is 4.90 Å². The molecule has 6 rings (SSSR count). The van der Waals surface area contributed by atoms with E-state index in [-0.39, 0.29) is 34.1 Å². The maximum Gasteiger partial charge on any atom is 0.417 e. The Balaban J connectivity index is 1.12. The molecular weight excluding hydrogens is 469 g/mol. The number of benzene rings is 1. The number of aryl methyl sites for hydroxylation is 1. The summed E-state index contributed by atoms with van der Waals surface area (Å²) in [5.74, 6) is 1.36. The quantitative estimate of drug-likeness (QED) is 0.550. The fourth-order valence-electron chi connectivity index (χ4n) is 6.10. The number of hydrogen-bond acceptors (Lipinski definition) is 6. The second-order valence-electron chi connectivity index (χ2n) is 10.3. The second kappa shape index (κ2) is 9.30. The number of likely N-dealkylation sites (tertiary alicyclic amines) is 1. The first-order chi connectivity index (χ1) is 18.1. The molecule has 3 aliphatic rings. The van der Waals surface area contributed by atoms with E-state index in [2.05, 4.69) is 20.6 Å². The van der Waals surface area contributed by atoms with Crippen LogP contribution in [0, 0.1) is 17.8 Å². The van der Waals surface area contributed by atoms with E-state index in [9.17, 15) is 13.2 Å². The lowest BCUT2D eigenvalue weighted by Crippen LogP contribution is -2.32. The van der Waals surface area contributed by atoms with Gasteiger partial charge in [-0.2, -0.15) is 18.3 Å². The van der Waals surface area contributed by atoms with Gasteiger partial charge in [0, 0.05) is 65.8 Å². The van der Waals surface area contributed by atoms with Crippen LogP contribution in [-0.4, -0.2) is 63.7 Å². The molecule has 1 unspecified atom stereocenters. The van der Waals surface area contributed by atoms with Crippen LogP contribution in [0.4, 0.5) is 19.0 Å². The maximum atomic E-state index is 14.0. The first-order valence-electron chi connectivity index (χ1n) is 13.6. The van der Waals surface area contributed by atoms with Gasteiger partial charge < -0.3 is 15.0 Å². The van der Waals surface area contributed by atoms with E-state index in [0.717, 1.165) is 38.8 Å². The lowest BCUT2D eigenvalue weighted by atomic mass is 10.00. The van der Waals surface area contributed by atoms with Crippen molar-refractivity contribution in [3.05, 3.63) is 36.0 Å². The summed E-state index contributed by atoms with van der Waals surface area (Å²) in [6.45, 7) is 1.44. The summed E-state index contributed by atoms with van der Waals surface area (Å²) in [5, 5.41) is 15.9. The minimum atomic E-state index is -4.56. The summed E-state index contributed by atoms with van der Waals surface area (Å²) >= 11 is 0. The second-order valence-corrected chi connectivity index (χ2v) is 10.3. The number of ether oxygens (including phenoxy) is 1. The van der Waals surface area contributed by atoms with Crippen LogP contribution in [0.2, 0.25) is 0 Å². The number of aromatic nitrogens is 4. The summed E-state index contributed by atoms with van der Waals surface area (Å²) in [6.07, 6.45) is 0.149. The summed E-state index contributed by atoms with van der Waals surface area (Å²) in [6, 6.07) is 6.40. The molecule has 1 N–H and O–H groups in total. The van der Waals surface area contributed by atoms with Gasteiger partial charge in [0.05, 0.1) is 16.8 Å². The molecule has 1 aliphatic carbocycles. The zero-order chi connectivity index (χ0) is 26.7. The van der Waals surface area contributed by atoms with Crippen LogP contribution >= 0.6 is 0 Å². The van der Waals surface area contributed by atoms with Gasteiger partial charge >= 0.3 is 6.18 Å². The summed E-state index contributed by atoms with van der Waals surface area (Å²) < 4.78 is 66.3. The molecular formula is C26H31F3N6O. The normalized spacial score (nSPS) is 26.7. The van der Waals surface area contributed by atoms with Crippen molar-refractivity contribution in [1.82, 2.24) is 24.9 Å². The number of hydrogen-bond donors (Lipinski definition) is 1. The van der Waals surface area contributed by atoms with Gasteiger partial charge in [-0.15, -0.1) is 10.2 Å². The molecule has 4 heterocycles. The molecule has 0 radical (unpaired) electrons. The molecule has 7 nitrogen and oxygen atoms in total. The van der Waals surface area contributed by atoms with Gasteiger partial charge in [-0.05, 0) is 67.7 Å². The van der Waals surface area contributed by atoms with Gasteiger partial charge in [0.1, 0.15) is 5.82 Å². The number of alkyl halides is 3. The van der Waals surface area contributed by atoms with E-state index in [4.69, 9.17) is 7.48 Å². The van der Waals surface area contributed by atoms with Gasteiger partial charge in [0.15, 0.2) is 0 Å². The van der Waals surface area contributed by atoms with Crippen LogP contribution < -0.4 is 5.32 Å². The van der Waals surface area contributed by atoms with E-state index in [1.54, 1.807) is 25.2 Å². The molecule has 0 bridgehead atoms. The monoisotopic (exact) mass is 502 g/mol.